The van der Waals surface area contributed by atoms with Gasteiger partial charge in [0.2, 0.25) is 0 Å². The highest BCUT2D eigenvalue weighted by Crippen LogP contribution is 2.37. The highest BCUT2D eigenvalue weighted by Gasteiger charge is 2.46. The second-order valence-electron chi connectivity index (χ2n) is 6.22. The zero-order chi connectivity index (χ0) is 13.1. The summed E-state index contributed by atoms with van der Waals surface area (Å²) in [4.78, 5) is 2.76. The maximum Gasteiger partial charge on any atom is 0.0333 e. The van der Waals surface area contributed by atoms with Gasteiger partial charge in [0.05, 0.1) is 0 Å². The van der Waals surface area contributed by atoms with Crippen LogP contribution in [0.4, 0.5) is 0 Å². The molecule has 0 aromatic carbocycles. The summed E-state index contributed by atoms with van der Waals surface area (Å²) in [6.07, 6.45) is 12.6. The first-order chi connectivity index (χ1) is 8.70. The average molecular weight is 250 g/mol. The van der Waals surface area contributed by atoms with Gasteiger partial charge in [-0.2, -0.15) is 0 Å². The van der Waals surface area contributed by atoms with E-state index in [1.807, 2.05) is 0 Å². The first-order valence-corrected chi connectivity index (χ1v) is 7.81. The Morgan fingerprint density at radius 2 is 1.83 bits per heavy atom. The molecule has 1 spiro atoms. The third-order valence-corrected chi connectivity index (χ3v) is 5.40. The minimum atomic E-state index is 0.382. The van der Waals surface area contributed by atoms with Gasteiger partial charge in [0.25, 0.3) is 0 Å². The lowest BCUT2D eigenvalue weighted by molar-refractivity contribution is 0.00898. The Morgan fingerprint density at radius 3 is 2.39 bits per heavy atom. The van der Waals surface area contributed by atoms with E-state index in [0.717, 1.165) is 6.54 Å². The fourth-order valence-electron chi connectivity index (χ4n) is 3.88. The number of nitrogens with zero attached hydrogens (tertiary/aromatic N) is 1. The Labute approximate surface area is 113 Å². The molecule has 0 amide bonds. The fraction of sp³-hybridized carbons (Fsp3) is 0.875. The van der Waals surface area contributed by atoms with E-state index in [1.165, 1.54) is 51.6 Å². The molecule has 1 aliphatic heterocycles. The van der Waals surface area contributed by atoms with Crippen molar-refractivity contribution in [2.45, 2.75) is 70.4 Å². The number of allylic oxidation sites excluding steroid dienone is 1. The lowest BCUT2D eigenvalue weighted by Crippen LogP contribution is -2.69. The molecular weight excluding hydrogens is 220 g/mol. The molecule has 1 saturated carbocycles. The van der Waals surface area contributed by atoms with Crippen LogP contribution < -0.4 is 5.32 Å². The summed E-state index contributed by atoms with van der Waals surface area (Å²) in [7, 11) is 0. The van der Waals surface area contributed by atoms with Gasteiger partial charge in [0, 0.05) is 30.7 Å². The predicted octanol–water partition coefficient (Wildman–Crippen LogP) is 3.34. The molecule has 2 heteroatoms. The van der Waals surface area contributed by atoms with Gasteiger partial charge < -0.3 is 5.32 Å². The Bertz CT molecular complexity index is 285. The summed E-state index contributed by atoms with van der Waals surface area (Å²) in [5.41, 5.74) is 0.822. The van der Waals surface area contributed by atoms with Crippen molar-refractivity contribution in [1.82, 2.24) is 10.2 Å². The van der Waals surface area contributed by atoms with Crippen LogP contribution in [0, 0.1) is 0 Å². The average Bonchev–Trinajstić information content (AvgIpc) is 2.86. The lowest BCUT2D eigenvalue weighted by atomic mass is 9.82. The molecular formula is C16H30N2. The van der Waals surface area contributed by atoms with Crippen LogP contribution in [0.15, 0.2) is 12.2 Å². The SMILES string of the molecule is C/C=C/CN1CC2(CCCC2)NCC1(CC)CC. The maximum atomic E-state index is 3.93. The van der Waals surface area contributed by atoms with Crippen molar-refractivity contribution in [3.05, 3.63) is 12.2 Å². The van der Waals surface area contributed by atoms with Crippen LogP contribution in [0.2, 0.25) is 0 Å². The fourth-order valence-corrected chi connectivity index (χ4v) is 3.88. The highest BCUT2D eigenvalue weighted by atomic mass is 15.3. The van der Waals surface area contributed by atoms with Gasteiger partial charge in [-0.25, -0.2) is 0 Å². The number of hydrogen-bond acceptors (Lipinski definition) is 2. The maximum absolute atomic E-state index is 3.93. The molecule has 18 heavy (non-hydrogen) atoms. The second-order valence-corrected chi connectivity index (χ2v) is 6.22. The van der Waals surface area contributed by atoms with Gasteiger partial charge in [0.1, 0.15) is 0 Å². The summed E-state index contributed by atoms with van der Waals surface area (Å²) in [6.45, 7) is 10.4. The van der Waals surface area contributed by atoms with E-state index in [9.17, 15) is 0 Å². The van der Waals surface area contributed by atoms with E-state index in [2.05, 4.69) is 43.1 Å². The van der Waals surface area contributed by atoms with Crippen LogP contribution in [0.25, 0.3) is 0 Å². The molecule has 0 aromatic rings. The lowest BCUT2D eigenvalue weighted by Gasteiger charge is -2.53. The topological polar surface area (TPSA) is 15.3 Å². The van der Waals surface area contributed by atoms with Gasteiger partial charge in [-0.15, -0.1) is 0 Å². The first kappa shape index (κ1) is 14.1. The Morgan fingerprint density at radius 1 is 1.17 bits per heavy atom. The van der Waals surface area contributed by atoms with Crippen molar-refractivity contribution in [3.63, 3.8) is 0 Å². The normalized spacial score (nSPS) is 27.3. The van der Waals surface area contributed by atoms with Crippen molar-refractivity contribution < 1.29 is 0 Å². The molecule has 2 rings (SSSR count). The van der Waals surface area contributed by atoms with E-state index in [1.54, 1.807) is 0 Å². The summed E-state index contributed by atoms with van der Waals surface area (Å²) in [5.74, 6) is 0. The number of rotatable bonds is 4. The zero-order valence-corrected chi connectivity index (χ0v) is 12.5. The summed E-state index contributed by atoms with van der Waals surface area (Å²) >= 11 is 0. The highest BCUT2D eigenvalue weighted by molar-refractivity contribution is 5.07. The van der Waals surface area contributed by atoms with E-state index >= 15 is 0 Å². The summed E-state index contributed by atoms with van der Waals surface area (Å²) < 4.78 is 0. The van der Waals surface area contributed by atoms with Gasteiger partial charge in [-0.1, -0.05) is 38.8 Å². The van der Waals surface area contributed by atoms with E-state index in [-0.39, 0.29) is 0 Å². The molecule has 0 unspecified atom stereocenters. The minimum absolute atomic E-state index is 0.382. The molecule has 0 radical (unpaired) electrons. The van der Waals surface area contributed by atoms with E-state index in [0.29, 0.717) is 11.1 Å². The van der Waals surface area contributed by atoms with Crippen LogP contribution in [-0.4, -0.2) is 35.6 Å². The van der Waals surface area contributed by atoms with Crippen LogP contribution >= 0.6 is 0 Å². The van der Waals surface area contributed by atoms with Crippen LogP contribution in [0.1, 0.15) is 59.3 Å². The second kappa shape index (κ2) is 5.75. The van der Waals surface area contributed by atoms with Gasteiger partial charge >= 0.3 is 0 Å². The van der Waals surface area contributed by atoms with Crippen molar-refractivity contribution in [2.24, 2.45) is 0 Å². The summed E-state index contributed by atoms with van der Waals surface area (Å²) in [5, 5.41) is 3.93. The van der Waals surface area contributed by atoms with Gasteiger partial charge in [-0.3, -0.25) is 4.90 Å². The van der Waals surface area contributed by atoms with E-state index < -0.39 is 0 Å². The molecule has 1 N–H and O–H groups in total. The Balaban J connectivity index is 2.14. The van der Waals surface area contributed by atoms with Gasteiger partial charge in [0.15, 0.2) is 0 Å². The van der Waals surface area contributed by atoms with Crippen molar-refractivity contribution in [1.29, 1.82) is 0 Å². The van der Waals surface area contributed by atoms with Crippen molar-refractivity contribution in [2.75, 3.05) is 19.6 Å². The Kier molecular flexibility index (Phi) is 4.50. The third kappa shape index (κ3) is 2.50. The molecule has 0 atom stereocenters. The summed E-state index contributed by atoms with van der Waals surface area (Å²) in [6, 6.07) is 0. The third-order valence-electron chi connectivity index (χ3n) is 5.40. The van der Waals surface area contributed by atoms with E-state index in [4.69, 9.17) is 0 Å². The van der Waals surface area contributed by atoms with Crippen molar-refractivity contribution >= 4 is 0 Å². The van der Waals surface area contributed by atoms with Crippen LogP contribution in [-0.2, 0) is 0 Å². The molecule has 0 bridgehead atoms. The molecule has 0 aromatic heterocycles. The number of hydrogen-bond donors (Lipinski definition) is 1. The first-order valence-electron chi connectivity index (χ1n) is 7.81. The largest absolute Gasteiger partial charge is 0.308 e. The van der Waals surface area contributed by atoms with Crippen LogP contribution in [0.5, 0.6) is 0 Å². The molecule has 104 valence electrons. The smallest absolute Gasteiger partial charge is 0.0333 e. The number of nitrogens with one attached hydrogen (secondary N) is 1. The molecule has 2 nitrogen and oxygen atoms in total. The standard InChI is InChI=1S/C16H30N2/c1-4-7-12-18-14-15(10-8-9-11-15)17-13-16(18,5-2)6-3/h4,7,17H,5-6,8-14H2,1-3H3/b7-4+. The van der Waals surface area contributed by atoms with Crippen molar-refractivity contribution in [3.8, 4) is 0 Å². The monoisotopic (exact) mass is 250 g/mol. The molecule has 1 aliphatic carbocycles. The molecule has 2 fully saturated rings. The minimum Gasteiger partial charge on any atom is -0.308 e. The zero-order valence-electron chi connectivity index (χ0n) is 12.5. The Hall–Kier alpha value is -0.340. The number of piperazine rings is 1. The quantitative estimate of drug-likeness (QED) is 0.770. The van der Waals surface area contributed by atoms with Crippen LogP contribution in [0.3, 0.4) is 0 Å². The predicted molar refractivity (Wildman–Crippen MR) is 78.9 cm³/mol. The molecule has 1 saturated heterocycles. The van der Waals surface area contributed by atoms with Gasteiger partial charge in [-0.05, 0) is 32.6 Å². The molecule has 2 aliphatic rings. The molecule has 1 heterocycles.